The summed E-state index contributed by atoms with van der Waals surface area (Å²) in [5, 5.41) is 0. The van der Waals surface area contributed by atoms with E-state index < -0.39 is 11.8 Å². The van der Waals surface area contributed by atoms with E-state index in [0.717, 1.165) is 18.7 Å². The highest BCUT2D eigenvalue weighted by atomic mass is 19.1. The summed E-state index contributed by atoms with van der Waals surface area (Å²) in [4.78, 5) is 14.1. The number of benzene rings is 1. The molecule has 0 N–H and O–H groups in total. The SMILES string of the molecule is Cc1ccc(F)c(C(=O)O[C@@H](C)CN2CCOCC2)c1. The summed E-state index contributed by atoms with van der Waals surface area (Å²) in [6.45, 7) is 7.35. The molecule has 20 heavy (non-hydrogen) atoms. The Balaban J connectivity index is 1.91. The highest BCUT2D eigenvalue weighted by molar-refractivity contribution is 5.90. The predicted molar refractivity (Wildman–Crippen MR) is 73.3 cm³/mol. The van der Waals surface area contributed by atoms with Crippen LogP contribution in [0, 0.1) is 12.7 Å². The Morgan fingerprint density at radius 2 is 2.15 bits per heavy atom. The van der Waals surface area contributed by atoms with Gasteiger partial charge < -0.3 is 9.47 Å². The summed E-state index contributed by atoms with van der Waals surface area (Å²) in [6, 6.07) is 4.43. The number of ether oxygens (including phenoxy) is 2. The van der Waals surface area contributed by atoms with Crippen molar-refractivity contribution < 1.29 is 18.7 Å². The van der Waals surface area contributed by atoms with Crippen LogP contribution in [0.4, 0.5) is 4.39 Å². The molecule has 1 fully saturated rings. The Morgan fingerprint density at radius 1 is 1.45 bits per heavy atom. The zero-order chi connectivity index (χ0) is 14.5. The molecule has 1 heterocycles. The minimum absolute atomic E-state index is 0.00109. The summed E-state index contributed by atoms with van der Waals surface area (Å²) < 4.78 is 24.2. The molecule has 0 aliphatic carbocycles. The molecule has 1 aromatic carbocycles. The molecule has 110 valence electrons. The fourth-order valence-electron chi connectivity index (χ4n) is 2.23. The van der Waals surface area contributed by atoms with Gasteiger partial charge in [-0.1, -0.05) is 11.6 Å². The van der Waals surface area contributed by atoms with Crippen LogP contribution in [0.25, 0.3) is 0 Å². The van der Waals surface area contributed by atoms with Crippen molar-refractivity contribution in [2.45, 2.75) is 20.0 Å². The second-order valence-electron chi connectivity index (χ2n) is 5.11. The average Bonchev–Trinajstić information content (AvgIpc) is 2.42. The van der Waals surface area contributed by atoms with Crippen molar-refractivity contribution in [3.05, 3.63) is 35.1 Å². The molecule has 0 saturated carbocycles. The second kappa shape index (κ2) is 6.81. The van der Waals surface area contributed by atoms with Gasteiger partial charge in [-0.2, -0.15) is 0 Å². The standard InChI is InChI=1S/C15H20FNO3/c1-11-3-4-14(16)13(9-11)15(18)20-12(2)10-17-5-7-19-8-6-17/h3-4,9,12H,5-8,10H2,1-2H3/t12-/m0/s1. The minimum atomic E-state index is -0.605. The van der Waals surface area contributed by atoms with Gasteiger partial charge in [-0.25, -0.2) is 9.18 Å². The Kier molecular flexibility index (Phi) is 5.09. The van der Waals surface area contributed by atoms with Gasteiger partial charge in [-0.15, -0.1) is 0 Å². The third kappa shape index (κ3) is 4.02. The van der Waals surface area contributed by atoms with E-state index in [2.05, 4.69) is 4.90 Å². The van der Waals surface area contributed by atoms with Crippen molar-refractivity contribution in [2.75, 3.05) is 32.8 Å². The number of carbonyl (C=O) groups is 1. The van der Waals surface area contributed by atoms with Crippen LogP contribution in [0.5, 0.6) is 0 Å². The van der Waals surface area contributed by atoms with Crippen molar-refractivity contribution in [2.24, 2.45) is 0 Å². The molecule has 0 spiro atoms. The van der Waals surface area contributed by atoms with Crippen molar-refractivity contribution in [3.63, 3.8) is 0 Å². The van der Waals surface area contributed by atoms with Gasteiger partial charge in [0.2, 0.25) is 0 Å². The summed E-state index contributed by atoms with van der Waals surface area (Å²) >= 11 is 0. The van der Waals surface area contributed by atoms with Gasteiger partial charge in [0.05, 0.1) is 18.8 Å². The first-order valence-corrected chi connectivity index (χ1v) is 6.83. The first-order chi connectivity index (χ1) is 9.56. The smallest absolute Gasteiger partial charge is 0.341 e. The predicted octanol–water partition coefficient (Wildman–Crippen LogP) is 2.01. The fraction of sp³-hybridized carbons (Fsp3) is 0.533. The first-order valence-electron chi connectivity index (χ1n) is 6.83. The molecule has 0 aromatic heterocycles. The van der Waals surface area contributed by atoms with E-state index in [1.54, 1.807) is 6.07 Å². The van der Waals surface area contributed by atoms with Crippen LogP contribution in [0.3, 0.4) is 0 Å². The van der Waals surface area contributed by atoms with Gasteiger partial charge in [0.1, 0.15) is 11.9 Å². The number of rotatable bonds is 4. The Bertz CT molecular complexity index is 472. The molecule has 0 unspecified atom stereocenters. The quantitative estimate of drug-likeness (QED) is 0.791. The second-order valence-corrected chi connectivity index (χ2v) is 5.11. The van der Waals surface area contributed by atoms with Gasteiger partial charge >= 0.3 is 5.97 Å². The molecular formula is C15H20FNO3. The molecule has 1 saturated heterocycles. The van der Waals surface area contributed by atoms with Crippen molar-refractivity contribution in [1.29, 1.82) is 0 Å². The third-order valence-corrected chi connectivity index (χ3v) is 3.27. The van der Waals surface area contributed by atoms with Crippen molar-refractivity contribution >= 4 is 5.97 Å². The van der Waals surface area contributed by atoms with Crippen LogP contribution in [0.2, 0.25) is 0 Å². The molecule has 0 amide bonds. The van der Waals surface area contributed by atoms with Crippen LogP contribution in [-0.4, -0.2) is 49.8 Å². The number of aryl methyl sites for hydroxylation is 1. The third-order valence-electron chi connectivity index (χ3n) is 3.27. The van der Waals surface area contributed by atoms with E-state index in [9.17, 15) is 9.18 Å². The maximum atomic E-state index is 13.6. The molecule has 1 aliphatic rings. The number of nitrogens with zero attached hydrogens (tertiary/aromatic N) is 1. The number of morpholine rings is 1. The first kappa shape index (κ1) is 14.9. The normalized spacial score (nSPS) is 17.8. The lowest BCUT2D eigenvalue weighted by molar-refractivity contribution is 0.000207. The summed E-state index contributed by atoms with van der Waals surface area (Å²) in [7, 11) is 0. The van der Waals surface area contributed by atoms with Crippen LogP contribution in [0.15, 0.2) is 18.2 Å². The summed E-state index contributed by atoms with van der Waals surface area (Å²) in [5.41, 5.74) is 0.831. The number of halogens is 1. The number of hydrogen-bond donors (Lipinski definition) is 0. The van der Waals surface area contributed by atoms with Gasteiger partial charge in [0, 0.05) is 19.6 Å². The lowest BCUT2D eigenvalue weighted by Gasteiger charge is -2.28. The van der Waals surface area contributed by atoms with Gasteiger partial charge in [-0.05, 0) is 26.0 Å². The molecule has 5 heteroatoms. The minimum Gasteiger partial charge on any atom is -0.458 e. The van der Waals surface area contributed by atoms with Crippen LogP contribution in [0.1, 0.15) is 22.8 Å². The monoisotopic (exact) mass is 281 g/mol. The summed E-state index contributed by atoms with van der Waals surface area (Å²) in [6.07, 6.45) is -0.277. The van der Waals surface area contributed by atoms with E-state index in [1.807, 2.05) is 13.8 Å². The van der Waals surface area contributed by atoms with E-state index >= 15 is 0 Å². The van der Waals surface area contributed by atoms with Crippen molar-refractivity contribution in [3.8, 4) is 0 Å². The Hall–Kier alpha value is -1.46. The summed E-state index contributed by atoms with van der Waals surface area (Å²) in [5.74, 6) is -1.15. The average molecular weight is 281 g/mol. The molecule has 2 rings (SSSR count). The maximum absolute atomic E-state index is 13.6. The Labute approximate surface area is 118 Å². The molecule has 1 atom stereocenters. The van der Waals surface area contributed by atoms with E-state index in [0.29, 0.717) is 19.8 Å². The van der Waals surface area contributed by atoms with Gasteiger partial charge in [0.25, 0.3) is 0 Å². The fourth-order valence-corrected chi connectivity index (χ4v) is 2.23. The number of hydrogen-bond acceptors (Lipinski definition) is 4. The lowest BCUT2D eigenvalue weighted by Crippen LogP contribution is -2.41. The molecular weight excluding hydrogens is 261 g/mol. The van der Waals surface area contributed by atoms with Crippen molar-refractivity contribution in [1.82, 2.24) is 4.90 Å². The van der Waals surface area contributed by atoms with Crippen LogP contribution >= 0.6 is 0 Å². The molecule has 4 nitrogen and oxygen atoms in total. The van der Waals surface area contributed by atoms with Gasteiger partial charge in [-0.3, -0.25) is 4.90 Å². The molecule has 1 aromatic rings. The van der Waals surface area contributed by atoms with Crippen LogP contribution in [-0.2, 0) is 9.47 Å². The van der Waals surface area contributed by atoms with E-state index in [-0.39, 0.29) is 11.7 Å². The highest BCUT2D eigenvalue weighted by Crippen LogP contribution is 2.13. The highest BCUT2D eigenvalue weighted by Gasteiger charge is 2.19. The molecule has 1 aliphatic heterocycles. The Morgan fingerprint density at radius 3 is 2.85 bits per heavy atom. The molecule has 0 radical (unpaired) electrons. The van der Waals surface area contributed by atoms with Gasteiger partial charge in [0.15, 0.2) is 0 Å². The number of carbonyl (C=O) groups excluding carboxylic acids is 1. The number of esters is 1. The zero-order valence-corrected chi connectivity index (χ0v) is 11.9. The lowest BCUT2D eigenvalue weighted by atomic mass is 10.1. The van der Waals surface area contributed by atoms with E-state index in [4.69, 9.17) is 9.47 Å². The van der Waals surface area contributed by atoms with Crippen LogP contribution < -0.4 is 0 Å². The largest absolute Gasteiger partial charge is 0.458 e. The molecule has 0 bridgehead atoms. The van der Waals surface area contributed by atoms with E-state index in [1.165, 1.54) is 12.1 Å². The zero-order valence-electron chi connectivity index (χ0n) is 11.9. The maximum Gasteiger partial charge on any atom is 0.341 e. The topological polar surface area (TPSA) is 38.8 Å².